The van der Waals surface area contributed by atoms with Gasteiger partial charge in [-0.3, -0.25) is 0 Å². The maximum atomic E-state index is 2.58. The molecule has 13 atom stereocenters. The van der Waals surface area contributed by atoms with Gasteiger partial charge in [0.2, 0.25) is 0 Å². The van der Waals surface area contributed by atoms with Crippen molar-refractivity contribution in [1.82, 2.24) is 0 Å². The summed E-state index contributed by atoms with van der Waals surface area (Å²) in [5, 5.41) is 0. The first-order valence-electron chi connectivity index (χ1n) is 7.37. The fourth-order valence-corrected chi connectivity index (χ4v) is 14.9. The van der Waals surface area contributed by atoms with Crippen molar-refractivity contribution in [2.75, 3.05) is 0 Å². The van der Waals surface area contributed by atoms with Crippen LogP contribution in [0.5, 0.6) is 0 Å². The van der Waals surface area contributed by atoms with E-state index in [4.69, 9.17) is 0 Å². The lowest BCUT2D eigenvalue weighted by atomic mass is 9.87. The van der Waals surface area contributed by atoms with Gasteiger partial charge in [-0.1, -0.05) is 6.92 Å². The van der Waals surface area contributed by atoms with Gasteiger partial charge in [0.05, 0.1) is 0 Å². The predicted molar refractivity (Wildman–Crippen MR) is 45.1 cm³/mol. The molecule has 0 saturated heterocycles. The van der Waals surface area contributed by atoms with Crippen molar-refractivity contribution in [2.45, 2.75) is 13.3 Å². The molecule has 12 saturated carbocycles. The molecular weight excluding hydrogens is 180 g/mol. The maximum Gasteiger partial charge on any atom is -0.0000604 e. The quantitative estimate of drug-likeness (QED) is 0.537. The molecule has 0 aromatic rings. The standard InChI is InChI=1S/C15H8/c1-3-5-7(3)9(5)11(7)13(9)14-10-6-2-4(6)8(6,10)12(10,14)15(11,13)14/h3-5H,2H2,1H3. The summed E-state index contributed by atoms with van der Waals surface area (Å²) in [4.78, 5) is 0. The van der Waals surface area contributed by atoms with Gasteiger partial charge in [0.1, 0.15) is 0 Å². The third kappa shape index (κ3) is 0.0714. The minimum atomic E-state index is 1.12. The van der Waals surface area contributed by atoms with Gasteiger partial charge in [0.25, 0.3) is 0 Å². The molecular formula is C15H8. The lowest BCUT2D eigenvalue weighted by Crippen LogP contribution is -2.14. The highest BCUT2D eigenvalue weighted by atomic mass is 15.8. The van der Waals surface area contributed by atoms with Gasteiger partial charge in [-0.2, -0.15) is 0 Å². The summed E-state index contributed by atoms with van der Waals surface area (Å²) < 4.78 is 0. The zero-order valence-electron chi connectivity index (χ0n) is 8.44. The third-order valence-corrected chi connectivity index (χ3v) is 13.0. The minimum absolute atomic E-state index is 1.12. The first kappa shape index (κ1) is 4.35. The van der Waals surface area contributed by atoms with Gasteiger partial charge >= 0.3 is 0 Å². The largest absolute Gasteiger partial charge is 0.0616 e. The van der Waals surface area contributed by atoms with Gasteiger partial charge in [0.15, 0.2) is 0 Å². The van der Waals surface area contributed by atoms with Crippen molar-refractivity contribution in [1.29, 1.82) is 0 Å². The summed E-state index contributed by atoms with van der Waals surface area (Å²) in [5.41, 5.74) is 11.8. The normalized spacial score (nSPS) is 151. The zero-order valence-corrected chi connectivity index (χ0v) is 8.44. The molecule has 12 rings (SSSR count). The molecule has 12 aliphatic carbocycles. The van der Waals surface area contributed by atoms with E-state index in [1.54, 1.807) is 6.42 Å². The van der Waals surface area contributed by atoms with E-state index in [1.807, 2.05) is 0 Å². The topological polar surface area (TPSA) is 0 Å². The Morgan fingerprint density at radius 2 is 1.67 bits per heavy atom. The Balaban J connectivity index is 1.34. The van der Waals surface area contributed by atoms with Crippen LogP contribution in [0.1, 0.15) is 13.3 Å². The number of hydrogen-bond donors (Lipinski definition) is 0. The highest BCUT2D eigenvalue weighted by molar-refractivity contribution is 6.24. The molecule has 0 bridgehead atoms. The van der Waals surface area contributed by atoms with Gasteiger partial charge in [-0.25, -0.2) is 0 Å². The van der Waals surface area contributed by atoms with Gasteiger partial charge in [-0.05, 0) is 78.3 Å². The van der Waals surface area contributed by atoms with Crippen LogP contribution >= 0.6 is 0 Å². The van der Waals surface area contributed by atoms with E-state index in [-0.39, 0.29) is 0 Å². The Labute approximate surface area is 85.8 Å². The molecule has 15 heavy (non-hydrogen) atoms. The van der Waals surface area contributed by atoms with Crippen LogP contribution in [-0.2, 0) is 0 Å². The van der Waals surface area contributed by atoms with Gasteiger partial charge in [0, 0.05) is 0 Å². The highest BCUT2D eigenvalue weighted by Gasteiger charge is 3.81. The molecule has 12 fully saturated rings. The van der Waals surface area contributed by atoms with Crippen LogP contribution in [0.4, 0.5) is 0 Å². The SMILES string of the molecule is CC1C2C13C21C32C13C14C56C78CC7C85C61C234. The van der Waals surface area contributed by atoms with E-state index < -0.39 is 0 Å². The Morgan fingerprint density at radius 3 is 2.40 bits per heavy atom. The second-order valence-corrected chi connectivity index (χ2v) is 9.98. The van der Waals surface area contributed by atoms with Crippen LogP contribution < -0.4 is 0 Å². The fourth-order valence-electron chi connectivity index (χ4n) is 14.9. The van der Waals surface area contributed by atoms with Crippen molar-refractivity contribution in [3.8, 4) is 0 Å². The van der Waals surface area contributed by atoms with Crippen LogP contribution in [0.15, 0.2) is 0 Å². The molecule has 0 aromatic heterocycles. The average molecular weight is 188 g/mol. The highest BCUT2D eigenvalue weighted by Crippen LogP contribution is 3.81. The molecule has 0 heterocycles. The van der Waals surface area contributed by atoms with Crippen molar-refractivity contribution < 1.29 is 0 Å². The maximum absolute atomic E-state index is 2.58. The lowest BCUT2D eigenvalue weighted by molar-refractivity contribution is 0.295. The van der Waals surface area contributed by atoms with Crippen molar-refractivity contribution in [3.63, 3.8) is 0 Å². The Morgan fingerprint density at radius 1 is 0.867 bits per heavy atom. The Kier molecular flexibility index (Phi) is 0.140. The van der Waals surface area contributed by atoms with E-state index in [1.165, 1.54) is 55.7 Å². The molecule has 0 nitrogen and oxygen atoms in total. The monoisotopic (exact) mass is 188 g/mol. The second kappa shape index (κ2) is 0.483. The molecule has 0 aliphatic heterocycles. The molecule has 12 aliphatic rings. The first-order valence-corrected chi connectivity index (χ1v) is 7.37. The van der Waals surface area contributed by atoms with Crippen LogP contribution in [0, 0.1) is 71.9 Å². The van der Waals surface area contributed by atoms with Crippen molar-refractivity contribution in [2.24, 2.45) is 71.9 Å². The summed E-state index contributed by atoms with van der Waals surface area (Å²) in [6, 6.07) is 0. The van der Waals surface area contributed by atoms with Crippen LogP contribution in [0.2, 0.25) is 0 Å². The number of hydrogen-bond acceptors (Lipinski definition) is 0. The third-order valence-electron chi connectivity index (χ3n) is 13.0. The molecule has 0 heteroatoms. The lowest BCUT2D eigenvalue weighted by Gasteiger charge is -2.15. The summed E-state index contributed by atoms with van der Waals surface area (Å²) in [6.07, 6.45) is 1.73. The molecule has 0 N–H and O–H groups in total. The van der Waals surface area contributed by atoms with Crippen LogP contribution in [0.25, 0.3) is 0 Å². The number of rotatable bonds is 0. The smallest absolute Gasteiger partial charge is 0.0000604 e. The molecule has 0 radical (unpaired) electrons. The first-order chi connectivity index (χ1) is 7.37. The van der Waals surface area contributed by atoms with Crippen LogP contribution in [-0.4, -0.2) is 0 Å². The zero-order chi connectivity index (χ0) is 8.44. The van der Waals surface area contributed by atoms with Crippen molar-refractivity contribution in [3.05, 3.63) is 0 Å². The molecule has 0 amide bonds. The molecule has 68 valence electrons. The minimum Gasteiger partial charge on any atom is -0.0616 e. The van der Waals surface area contributed by atoms with Crippen molar-refractivity contribution >= 4 is 0 Å². The van der Waals surface area contributed by atoms with Gasteiger partial charge in [-0.15, -0.1) is 0 Å². The van der Waals surface area contributed by atoms with E-state index >= 15 is 0 Å². The van der Waals surface area contributed by atoms with Gasteiger partial charge < -0.3 is 0 Å². The summed E-state index contributed by atoms with van der Waals surface area (Å²) in [6.45, 7) is 2.58. The fraction of sp³-hybridized carbons (Fsp3) is 1.00. The molecule has 10 spiro atoms. The molecule has 13 unspecified atom stereocenters. The second-order valence-electron chi connectivity index (χ2n) is 9.98. The molecule has 0 aromatic carbocycles. The van der Waals surface area contributed by atoms with E-state index in [9.17, 15) is 0 Å². The Bertz CT molecular complexity index is 850. The van der Waals surface area contributed by atoms with E-state index in [0.717, 1.165) is 16.2 Å². The Hall–Kier alpha value is 0. The summed E-state index contributed by atoms with van der Waals surface area (Å²) in [7, 11) is 0. The summed E-state index contributed by atoms with van der Waals surface area (Å²) >= 11 is 0. The van der Waals surface area contributed by atoms with E-state index in [2.05, 4.69) is 6.92 Å². The van der Waals surface area contributed by atoms with Crippen LogP contribution in [0.3, 0.4) is 0 Å². The predicted octanol–water partition coefficient (Wildman–Crippen LogP) is 1.27. The average Bonchev–Trinajstić information content (AvgIpc) is 2.77. The van der Waals surface area contributed by atoms with E-state index in [0.29, 0.717) is 0 Å². The summed E-state index contributed by atoms with van der Waals surface area (Å²) in [5.74, 6) is 3.93.